The third-order valence-electron chi connectivity index (χ3n) is 24.7. The van der Waals surface area contributed by atoms with Crippen LogP contribution < -0.4 is 67.4 Å². The van der Waals surface area contributed by atoms with Crippen molar-refractivity contribution in [2.45, 2.75) is 194 Å². The number of rotatable bonds is 33. The third kappa shape index (κ3) is 28.9. The smallest absolute Gasteiger partial charge is 0.245 e. The second-order valence-electron chi connectivity index (χ2n) is 37.6. The molecule has 0 radical (unpaired) electrons. The SMILES string of the molecule is CC(C)Oc1cc(C2CCN(C)CC2)ccc1Nc1ncc(Cl)c(Nc2cc(F)ccc2S(=O)(=O)C(C)C)n1.CC(C)Oc1cc(C2CCNCC2)ccc1Nc1ncc(Cl)c(Nc2ccccc2S(=O)(=O)C(C)C)n1.CC(C)Oc1cc(C2CCNCC2)ccc1Nc1ncc(Cl)c(Nc2ccccc2S(=O)(=O)N2CCCC2)n1.Cc1cc(Nc2ncc(Cl)c(Nc3ccccc3S(=O)(=O)N(C)C)n2)c2cc(Cl)ccc2n1. The van der Waals surface area contributed by atoms with E-state index >= 15 is 0 Å². The van der Waals surface area contributed by atoms with Crippen molar-refractivity contribution in [2.24, 2.45) is 0 Å². The van der Waals surface area contributed by atoms with Crippen LogP contribution in [0.4, 0.5) is 97.0 Å². The molecule has 8 aromatic carbocycles. The van der Waals surface area contributed by atoms with Crippen molar-refractivity contribution in [3.8, 4) is 17.2 Å². The van der Waals surface area contributed by atoms with E-state index in [1.807, 2.05) is 84.9 Å². The molecule has 0 spiro atoms. The highest BCUT2D eigenvalue weighted by molar-refractivity contribution is 7.92. The fraction of sp³-hybridized carbons (Fsp3) is 0.362. The van der Waals surface area contributed by atoms with Gasteiger partial charge in [0.25, 0.3) is 0 Å². The molecule has 4 aliphatic rings. The van der Waals surface area contributed by atoms with E-state index in [2.05, 4.69) is 146 Å². The van der Waals surface area contributed by atoms with Crippen molar-refractivity contribution in [3.63, 3.8) is 0 Å². The topological polar surface area (TPSA) is 410 Å². The Balaban J connectivity index is 0.000000156. The highest BCUT2D eigenvalue weighted by atomic mass is 35.5. The van der Waals surface area contributed by atoms with Gasteiger partial charge in [-0.2, -0.15) is 24.2 Å². The van der Waals surface area contributed by atoms with Gasteiger partial charge in [-0.3, -0.25) is 4.98 Å². The molecule has 786 valence electrons. The Bertz CT molecular complexity index is 7360. The average molecular weight is 2190 g/mol. The molecule has 0 amide bonds. The summed E-state index contributed by atoms with van der Waals surface area (Å²) in [6, 6.07) is 49.4. The van der Waals surface area contributed by atoms with Gasteiger partial charge in [0.05, 0.1) is 114 Å². The number of benzene rings is 8. The van der Waals surface area contributed by atoms with E-state index in [-0.39, 0.29) is 87.2 Å². The monoisotopic (exact) mass is 2190 g/mol. The lowest BCUT2D eigenvalue weighted by molar-refractivity contribution is 0.241. The largest absolute Gasteiger partial charge is 0.489 e. The summed E-state index contributed by atoms with van der Waals surface area (Å²) in [5.74, 6) is 5.09. The first kappa shape index (κ1) is 112. The van der Waals surface area contributed by atoms with E-state index in [0.29, 0.717) is 87.9 Å². The molecule has 5 aromatic heterocycles. The van der Waals surface area contributed by atoms with Gasteiger partial charge in [0.1, 0.15) is 52.9 Å². The van der Waals surface area contributed by atoms with Crippen molar-refractivity contribution in [1.82, 2.24) is 69.0 Å². The zero-order valence-corrected chi connectivity index (χ0v) is 91.7. The summed E-state index contributed by atoms with van der Waals surface area (Å²) in [5.41, 5.74) is 9.41. The fourth-order valence-corrected chi connectivity index (χ4v) is 22.7. The molecule has 10 N–H and O–H groups in total. The summed E-state index contributed by atoms with van der Waals surface area (Å²) in [6.45, 7) is 27.5. The van der Waals surface area contributed by atoms with Crippen molar-refractivity contribution < 1.29 is 52.3 Å². The Labute approximate surface area is 890 Å². The number of pyridine rings is 1. The lowest BCUT2D eigenvalue weighted by Crippen LogP contribution is -2.29. The Kier molecular flexibility index (Phi) is 38.0. The van der Waals surface area contributed by atoms with Crippen LogP contribution >= 0.6 is 58.0 Å². The van der Waals surface area contributed by atoms with Crippen LogP contribution in [0.2, 0.25) is 25.1 Å². The number of fused-ring (bicyclic) bond motifs is 1. The van der Waals surface area contributed by atoms with Gasteiger partial charge in [0, 0.05) is 43.3 Å². The second-order valence-corrected chi connectivity index (χ2v) is 48.7. The third-order valence-corrected chi connectivity index (χ3v) is 34.3. The number of sulfone groups is 2. The number of halogens is 6. The number of hydrogen-bond acceptors (Lipinski definition) is 31. The summed E-state index contributed by atoms with van der Waals surface area (Å²) >= 11 is 31.7. The molecule has 4 aliphatic heterocycles. The number of nitrogens with zero attached hydrogens (tertiary/aromatic N) is 12. The van der Waals surface area contributed by atoms with E-state index in [1.165, 1.54) is 72.0 Å². The predicted molar refractivity (Wildman–Crippen MR) is 591 cm³/mol. The maximum atomic E-state index is 14.1. The standard InChI is InChI=1S/C28H35ClFN5O3S.C28H35ClN6O3S.C27H34ClN5O3S.C22H20Cl2N6O2S/c1-17(2)38-25-14-20(19-10-12-35(5)13-11-19)6-8-23(25)33-28-31-16-22(29)27(34-28)32-24-15-21(30)7-9-26(24)39(36,37)18(3)4;1-19(2)38-25-17-21(20-11-13-30-14-12-20)9-10-23(25)33-28-31-18-22(29)27(34-28)32-24-7-3-4-8-26(24)39(36,37)35-15-5-6-16-35;1-17(2)36-24-15-20(19-11-13-29-14-12-19)9-10-22(24)32-27-30-16-21(28)26(33-27)31-23-7-5-6-8-25(23)37(34,35)18(3)4;1-13-10-19(15-11-14(23)8-9-17(15)26-13)28-22-25-12-16(24)21(29-22)27-18-6-4-5-7-20(18)33(31,32)30(2)3/h6-9,14-19H,10-13H2,1-5H3,(H2,31,32,33,34);3-4,7-10,17-20,30H,5-6,11-16H2,1-2H3,(H2,31,32,33,34);5-10,15-19,29H,11-14H2,1-4H3,(H2,30,31,32,33);4-12H,1-3H3,(H2,25,26,27,28,29). The van der Waals surface area contributed by atoms with Crippen molar-refractivity contribution in [1.29, 1.82) is 0 Å². The second kappa shape index (κ2) is 50.3. The quantitative estimate of drug-likeness (QED) is 0.0171. The van der Waals surface area contributed by atoms with Crippen molar-refractivity contribution >= 4 is 201 Å². The Morgan fingerprint density at radius 2 is 0.743 bits per heavy atom. The molecular formula is C105H124Cl5FN22O11S4. The van der Waals surface area contributed by atoms with Gasteiger partial charge in [0.2, 0.25) is 43.8 Å². The average Bonchev–Trinajstić information content (AvgIpc) is 1.54. The van der Waals surface area contributed by atoms with Crippen molar-refractivity contribution in [3.05, 3.63) is 248 Å². The number of piperidine rings is 3. The maximum absolute atomic E-state index is 14.1. The molecule has 0 atom stereocenters. The lowest BCUT2D eigenvalue weighted by atomic mass is 9.89. The van der Waals surface area contributed by atoms with E-state index in [9.17, 15) is 38.1 Å². The Morgan fingerprint density at radius 3 is 1.14 bits per heavy atom. The van der Waals surface area contributed by atoms with E-state index in [1.54, 1.807) is 100 Å². The van der Waals surface area contributed by atoms with Crippen molar-refractivity contribution in [2.75, 3.05) is 116 Å². The number of likely N-dealkylation sites (tertiary alicyclic amines) is 1. The van der Waals surface area contributed by atoms with E-state index in [0.717, 1.165) is 152 Å². The van der Waals surface area contributed by atoms with Gasteiger partial charge in [0.15, 0.2) is 42.9 Å². The summed E-state index contributed by atoms with van der Waals surface area (Å²) in [7, 11) is -9.46. The molecule has 4 fully saturated rings. The minimum Gasteiger partial charge on any atom is -0.489 e. The first-order valence-corrected chi connectivity index (χ1v) is 56.7. The number of hydrogen-bond donors (Lipinski definition) is 10. The minimum absolute atomic E-state index is 0.00778. The fourth-order valence-electron chi connectivity index (χ4n) is 16.9. The Morgan fingerprint density at radius 1 is 0.385 bits per heavy atom. The molecule has 13 aromatic rings. The van der Waals surface area contributed by atoms with Crippen LogP contribution in [0.1, 0.15) is 161 Å². The summed E-state index contributed by atoms with van der Waals surface area (Å²) < 4.78 is 139. The molecule has 0 saturated carbocycles. The van der Waals surface area contributed by atoms with Crippen LogP contribution in [0.3, 0.4) is 0 Å². The lowest BCUT2D eigenvalue weighted by Gasteiger charge is -2.29. The van der Waals surface area contributed by atoms with Crippen LogP contribution in [0.15, 0.2) is 214 Å². The highest BCUT2D eigenvalue weighted by Crippen LogP contribution is 2.44. The maximum Gasteiger partial charge on any atom is 0.245 e. The number of anilines is 16. The van der Waals surface area contributed by atoms with Gasteiger partial charge in [-0.05, 0) is 324 Å². The molecule has 9 heterocycles. The van der Waals surface area contributed by atoms with Crippen LogP contribution in [0.25, 0.3) is 10.9 Å². The molecule has 0 aliphatic carbocycles. The molecule has 0 bridgehead atoms. The molecular weight excluding hydrogens is 2070 g/mol. The number of nitrogens with one attached hydrogen (secondary N) is 10. The van der Waals surface area contributed by atoms with Crippen LogP contribution in [-0.4, -0.2) is 194 Å². The molecule has 4 saturated heterocycles. The number of sulfonamides is 2. The zero-order chi connectivity index (χ0) is 106. The zero-order valence-electron chi connectivity index (χ0n) is 84.7. The molecule has 43 heteroatoms. The number of aryl methyl sites for hydroxylation is 1. The van der Waals surface area contributed by atoms with Crippen LogP contribution in [0, 0.1) is 12.7 Å². The van der Waals surface area contributed by atoms with E-state index in [4.69, 9.17) is 72.2 Å². The summed E-state index contributed by atoms with van der Waals surface area (Å²) in [5, 5.41) is 32.9. The Hall–Kier alpha value is -11.7. The summed E-state index contributed by atoms with van der Waals surface area (Å²) in [6.07, 6.45) is 14.0. The molecule has 148 heavy (non-hydrogen) atoms. The van der Waals surface area contributed by atoms with Crippen LogP contribution in [-0.2, 0) is 39.7 Å². The van der Waals surface area contributed by atoms with Gasteiger partial charge in [-0.1, -0.05) is 113 Å². The predicted octanol–water partition coefficient (Wildman–Crippen LogP) is 23.6. The first-order valence-electron chi connectivity index (χ1n) is 48.9. The minimum atomic E-state index is -3.70. The number of aromatic nitrogens is 9. The normalized spacial score (nSPS) is 14.7. The first-order chi connectivity index (χ1) is 70.5. The highest BCUT2D eigenvalue weighted by Gasteiger charge is 2.33. The van der Waals surface area contributed by atoms with Crippen LogP contribution in [0.5, 0.6) is 17.2 Å². The van der Waals surface area contributed by atoms with E-state index < -0.39 is 56.0 Å². The van der Waals surface area contributed by atoms with Gasteiger partial charge in [-0.15, -0.1) is 0 Å². The number of ether oxygens (including phenoxy) is 3. The van der Waals surface area contributed by atoms with Gasteiger partial charge >= 0.3 is 0 Å². The number of para-hydroxylation sites is 3. The summed E-state index contributed by atoms with van der Waals surface area (Å²) in [4.78, 5) is 42.6. The molecule has 33 nitrogen and oxygen atoms in total. The van der Waals surface area contributed by atoms with Gasteiger partial charge in [-0.25, -0.2) is 62.3 Å². The van der Waals surface area contributed by atoms with Gasteiger partial charge < -0.3 is 72.3 Å². The molecule has 0 unspecified atom stereocenters. The molecule has 17 rings (SSSR count).